The van der Waals surface area contributed by atoms with Crippen molar-refractivity contribution in [2.24, 2.45) is 5.92 Å². The van der Waals surface area contributed by atoms with Gasteiger partial charge in [-0.25, -0.2) is 9.59 Å². The predicted molar refractivity (Wildman–Crippen MR) is 160 cm³/mol. The van der Waals surface area contributed by atoms with Crippen LogP contribution in [-0.4, -0.2) is 53.3 Å². The normalized spacial score (nSPS) is 17.2. The number of Topliss-reactive ketones (excluding diaryl/α,β-unsaturated/α-hetero) is 1. The zero-order valence-corrected chi connectivity index (χ0v) is 25.2. The number of hydrogen-bond donors (Lipinski definition) is 0. The minimum atomic E-state index is -1.23. The van der Waals surface area contributed by atoms with Crippen LogP contribution in [0.15, 0.2) is 83.8 Å². The number of ether oxygens (including phenoxy) is 3. The Kier molecular flexibility index (Phi) is 9.12. The largest absolute Gasteiger partial charge is 0.476 e. The minimum absolute atomic E-state index is 0.0435. The first kappa shape index (κ1) is 30.2. The molecule has 0 bridgehead atoms. The van der Waals surface area contributed by atoms with Crippen molar-refractivity contribution in [2.75, 3.05) is 19.3 Å². The van der Waals surface area contributed by atoms with E-state index in [1.54, 1.807) is 60.8 Å². The molecule has 1 fully saturated rings. The van der Waals surface area contributed by atoms with Crippen molar-refractivity contribution in [1.82, 2.24) is 4.90 Å². The quantitative estimate of drug-likeness (QED) is 0.162. The van der Waals surface area contributed by atoms with E-state index in [9.17, 15) is 14.4 Å². The summed E-state index contributed by atoms with van der Waals surface area (Å²) in [7, 11) is 0. The maximum absolute atomic E-state index is 13.8. The van der Waals surface area contributed by atoms with Gasteiger partial charge in [-0.05, 0) is 82.8 Å². The van der Waals surface area contributed by atoms with Crippen LogP contribution in [0.3, 0.4) is 0 Å². The molecule has 0 N–H and O–H groups in total. The van der Waals surface area contributed by atoms with Crippen LogP contribution in [0.4, 0.5) is 4.79 Å². The van der Waals surface area contributed by atoms with E-state index >= 15 is 0 Å². The number of hydrogen-bond acceptors (Lipinski definition) is 7. The summed E-state index contributed by atoms with van der Waals surface area (Å²) < 4.78 is 17.2. The van der Waals surface area contributed by atoms with E-state index in [4.69, 9.17) is 14.2 Å². The van der Waals surface area contributed by atoms with Crippen LogP contribution >= 0.6 is 11.8 Å². The molecule has 1 amide bonds. The van der Waals surface area contributed by atoms with E-state index in [-0.39, 0.29) is 18.2 Å². The highest BCUT2D eigenvalue weighted by atomic mass is 32.2. The van der Waals surface area contributed by atoms with Crippen LogP contribution < -0.4 is 9.47 Å². The number of nitrogens with zero attached hydrogens (tertiary/aromatic N) is 1. The second kappa shape index (κ2) is 12.4. The number of esters is 1. The Bertz CT molecular complexity index is 1380. The lowest BCUT2D eigenvalue weighted by atomic mass is 9.84. The maximum atomic E-state index is 13.8. The van der Waals surface area contributed by atoms with E-state index in [0.29, 0.717) is 23.6 Å². The van der Waals surface area contributed by atoms with Crippen molar-refractivity contribution >= 4 is 29.6 Å². The van der Waals surface area contributed by atoms with Crippen LogP contribution in [0, 0.1) is 5.92 Å². The van der Waals surface area contributed by atoms with Crippen molar-refractivity contribution in [3.8, 4) is 11.5 Å². The zero-order chi connectivity index (χ0) is 29.8. The Hall–Kier alpha value is -3.78. The first-order valence-corrected chi connectivity index (χ1v) is 14.8. The van der Waals surface area contributed by atoms with Crippen molar-refractivity contribution in [3.05, 3.63) is 90.0 Å². The predicted octanol–water partition coefficient (Wildman–Crippen LogP) is 7.00. The number of thioether (sulfide) groups is 1. The smallest absolute Gasteiger partial charge is 0.415 e. The fourth-order valence-electron chi connectivity index (χ4n) is 4.73. The molecule has 1 heterocycles. The molecule has 1 saturated heterocycles. The number of rotatable bonds is 8. The first-order valence-electron chi connectivity index (χ1n) is 13.6. The molecule has 7 nitrogen and oxygen atoms in total. The summed E-state index contributed by atoms with van der Waals surface area (Å²) in [5, 5.41) is 0. The third-order valence-electron chi connectivity index (χ3n) is 6.79. The summed E-state index contributed by atoms with van der Waals surface area (Å²) >= 11 is 1.61. The van der Waals surface area contributed by atoms with Crippen LogP contribution in [0.5, 0.6) is 11.5 Å². The van der Waals surface area contributed by atoms with Crippen molar-refractivity contribution < 1.29 is 28.6 Å². The molecule has 3 aromatic rings. The molecule has 3 aromatic carbocycles. The topological polar surface area (TPSA) is 82.1 Å². The van der Waals surface area contributed by atoms with E-state index in [2.05, 4.69) is 0 Å². The lowest BCUT2D eigenvalue weighted by molar-refractivity contribution is -0.170. The molecule has 0 saturated carbocycles. The van der Waals surface area contributed by atoms with Crippen LogP contribution in [0.2, 0.25) is 0 Å². The fourth-order valence-corrected chi connectivity index (χ4v) is 5.13. The van der Waals surface area contributed by atoms with Crippen molar-refractivity contribution in [3.63, 3.8) is 0 Å². The molecule has 2 atom stereocenters. The summed E-state index contributed by atoms with van der Waals surface area (Å²) in [4.78, 5) is 42.4. The van der Waals surface area contributed by atoms with Crippen LogP contribution in [-0.2, 0) is 9.53 Å². The lowest BCUT2D eigenvalue weighted by Gasteiger charge is -2.29. The monoisotopic (exact) mass is 575 g/mol. The van der Waals surface area contributed by atoms with Crippen LogP contribution in [0.25, 0.3) is 0 Å². The first-order chi connectivity index (χ1) is 19.4. The zero-order valence-electron chi connectivity index (χ0n) is 24.4. The number of carbonyl (C=O) groups excluding carboxylic acids is 3. The highest BCUT2D eigenvalue weighted by Gasteiger charge is 2.42. The van der Waals surface area contributed by atoms with Gasteiger partial charge in [-0.3, -0.25) is 4.79 Å². The van der Waals surface area contributed by atoms with E-state index in [1.165, 1.54) is 0 Å². The SMILES string of the molecule is CSc1ccc(C(=O)C2CN(C(=O)Oc3ccccc3)C[C@@H]2c2cccc(OC(C)(C)C(=O)OC(C)(C)C)c2)cc1. The van der Waals surface area contributed by atoms with Gasteiger partial charge in [0.25, 0.3) is 0 Å². The fraction of sp³-hybridized carbons (Fsp3) is 0.364. The number of benzene rings is 3. The summed E-state index contributed by atoms with van der Waals surface area (Å²) in [6.07, 6.45) is 1.48. The highest BCUT2D eigenvalue weighted by Crippen LogP contribution is 2.37. The molecule has 41 heavy (non-hydrogen) atoms. The number of amides is 1. The van der Waals surface area contributed by atoms with Gasteiger partial charge in [-0.15, -0.1) is 11.8 Å². The second-order valence-corrected chi connectivity index (χ2v) is 12.5. The number of ketones is 1. The molecule has 1 aliphatic heterocycles. The minimum Gasteiger partial charge on any atom is -0.476 e. The van der Waals surface area contributed by atoms with Gasteiger partial charge < -0.3 is 19.1 Å². The van der Waals surface area contributed by atoms with Gasteiger partial charge in [0, 0.05) is 35.4 Å². The molecule has 216 valence electrons. The van der Waals surface area contributed by atoms with Crippen molar-refractivity contribution in [1.29, 1.82) is 0 Å². The van der Waals surface area contributed by atoms with Crippen molar-refractivity contribution in [2.45, 2.75) is 56.6 Å². The Balaban J connectivity index is 1.60. The standard InChI is InChI=1S/C33H37NO6S/c1-32(2,3)40-30(36)33(4,5)39-25-14-10-11-23(19-25)27-20-34(31(37)38-24-12-8-7-9-13-24)21-28(27)29(35)22-15-17-26(41-6)18-16-22/h7-19,27-28H,20-21H2,1-6H3/t27-,28?/m1/s1. The van der Waals surface area contributed by atoms with Crippen LogP contribution in [0.1, 0.15) is 56.5 Å². The molecule has 0 aliphatic carbocycles. The maximum Gasteiger partial charge on any atom is 0.415 e. The molecule has 0 aromatic heterocycles. The third-order valence-corrected chi connectivity index (χ3v) is 7.53. The molecule has 0 radical (unpaired) electrons. The highest BCUT2D eigenvalue weighted by molar-refractivity contribution is 7.98. The lowest BCUT2D eigenvalue weighted by Crippen LogP contribution is -2.43. The van der Waals surface area contributed by atoms with E-state index < -0.39 is 29.2 Å². The van der Waals surface area contributed by atoms with Gasteiger partial charge in [0.2, 0.25) is 0 Å². The number of carbonyl (C=O) groups is 3. The molecular weight excluding hydrogens is 538 g/mol. The number of para-hydroxylation sites is 1. The van der Waals surface area contributed by atoms with Gasteiger partial charge in [0.05, 0.1) is 0 Å². The Morgan fingerprint density at radius 3 is 2.12 bits per heavy atom. The van der Waals surface area contributed by atoms with Gasteiger partial charge in [-0.2, -0.15) is 0 Å². The van der Waals surface area contributed by atoms with Gasteiger partial charge in [-0.1, -0.05) is 42.5 Å². The molecule has 8 heteroatoms. The third kappa shape index (κ3) is 7.70. The molecule has 1 aliphatic rings. The summed E-state index contributed by atoms with van der Waals surface area (Å²) in [5.41, 5.74) is -0.462. The number of likely N-dealkylation sites (tertiary alicyclic amines) is 1. The molecular formula is C33H37NO6S. The average molecular weight is 576 g/mol. The molecule has 4 rings (SSSR count). The summed E-state index contributed by atoms with van der Waals surface area (Å²) in [6.45, 7) is 9.26. The summed E-state index contributed by atoms with van der Waals surface area (Å²) in [5.74, 6) is -0.409. The van der Waals surface area contributed by atoms with E-state index in [1.807, 2.05) is 75.6 Å². The van der Waals surface area contributed by atoms with Gasteiger partial charge in [0.15, 0.2) is 11.4 Å². The average Bonchev–Trinajstić information content (AvgIpc) is 3.38. The van der Waals surface area contributed by atoms with Gasteiger partial charge in [0.1, 0.15) is 17.1 Å². The Morgan fingerprint density at radius 1 is 0.829 bits per heavy atom. The van der Waals surface area contributed by atoms with Gasteiger partial charge >= 0.3 is 12.1 Å². The summed E-state index contributed by atoms with van der Waals surface area (Å²) in [6, 6.07) is 23.7. The second-order valence-electron chi connectivity index (χ2n) is 11.6. The molecule has 1 unspecified atom stereocenters. The Morgan fingerprint density at radius 2 is 1.49 bits per heavy atom. The molecule has 0 spiro atoms. The Labute approximate surface area is 246 Å². The van der Waals surface area contributed by atoms with E-state index in [0.717, 1.165) is 10.5 Å².